The molecule has 6 heteroatoms. The zero-order chi connectivity index (χ0) is 16.8. The second kappa shape index (κ2) is 8.44. The van der Waals surface area contributed by atoms with Gasteiger partial charge in [0.25, 0.3) is 0 Å². The van der Waals surface area contributed by atoms with Gasteiger partial charge >= 0.3 is 6.03 Å². The second-order valence-electron chi connectivity index (χ2n) is 5.81. The normalized spacial score (nSPS) is 15.8. The molecule has 0 aromatic heterocycles. The highest BCUT2D eigenvalue weighted by Gasteiger charge is 2.20. The summed E-state index contributed by atoms with van der Waals surface area (Å²) in [5, 5.41) is 7.22. The molecule has 1 aromatic carbocycles. The molecule has 124 valence electrons. The molecule has 1 saturated heterocycles. The van der Waals surface area contributed by atoms with E-state index in [9.17, 15) is 4.79 Å². The lowest BCUT2D eigenvalue weighted by molar-refractivity contribution is 0.186. The van der Waals surface area contributed by atoms with E-state index in [1.54, 1.807) is 12.1 Å². The highest BCUT2D eigenvalue weighted by Crippen LogP contribution is 2.22. The Kier molecular flexibility index (Phi) is 6.59. The lowest BCUT2D eigenvalue weighted by Crippen LogP contribution is -2.52. The summed E-state index contributed by atoms with van der Waals surface area (Å²) in [5.41, 5.74) is 0.779. The summed E-state index contributed by atoms with van der Waals surface area (Å²) in [5.74, 6) is 6.40. The second-order valence-corrected chi connectivity index (χ2v) is 6.62. The molecule has 2 amide bonds. The van der Waals surface area contributed by atoms with Crippen molar-refractivity contribution in [3.63, 3.8) is 0 Å². The van der Waals surface area contributed by atoms with E-state index in [0.29, 0.717) is 10.0 Å². The summed E-state index contributed by atoms with van der Waals surface area (Å²) >= 11 is 11.9. The van der Waals surface area contributed by atoms with Gasteiger partial charge in [-0.2, -0.15) is 0 Å². The molecule has 4 nitrogen and oxygen atoms in total. The van der Waals surface area contributed by atoms with Gasteiger partial charge in [-0.3, -0.25) is 0 Å². The Labute approximate surface area is 147 Å². The maximum absolute atomic E-state index is 12.3. The number of hydrogen-bond donors (Lipinski definition) is 2. The van der Waals surface area contributed by atoms with Gasteiger partial charge in [-0.1, -0.05) is 48.9 Å². The van der Waals surface area contributed by atoms with Gasteiger partial charge in [0.1, 0.15) is 0 Å². The maximum atomic E-state index is 12.3. The molecule has 1 aliphatic heterocycles. The lowest BCUT2D eigenvalue weighted by Gasteiger charge is -2.29. The average Bonchev–Trinajstić information content (AvgIpc) is 2.55. The Morgan fingerprint density at radius 1 is 1.26 bits per heavy atom. The first-order valence-electron chi connectivity index (χ1n) is 7.70. The van der Waals surface area contributed by atoms with Gasteiger partial charge in [-0.05, 0) is 24.1 Å². The molecule has 0 bridgehead atoms. The number of piperazine rings is 1. The zero-order valence-corrected chi connectivity index (χ0v) is 14.8. The third-order valence-corrected chi connectivity index (χ3v) is 4.38. The molecule has 1 aromatic rings. The molecular formula is C17H21Cl2N3O. The monoisotopic (exact) mass is 353 g/mol. The smallest absolute Gasteiger partial charge is 0.318 e. The van der Waals surface area contributed by atoms with Crippen molar-refractivity contribution in [3.05, 3.63) is 33.8 Å². The minimum Gasteiger partial charge on any atom is -0.324 e. The fourth-order valence-corrected chi connectivity index (χ4v) is 2.49. The first kappa shape index (κ1) is 17.9. The zero-order valence-electron chi connectivity index (χ0n) is 13.3. The van der Waals surface area contributed by atoms with Crippen LogP contribution < -0.4 is 10.6 Å². The molecular weight excluding hydrogens is 333 g/mol. The first-order valence-corrected chi connectivity index (χ1v) is 8.45. The predicted octanol–water partition coefficient (Wildman–Crippen LogP) is 2.98. The number of hydrogen-bond acceptors (Lipinski definition) is 2. The predicted molar refractivity (Wildman–Crippen MR) is 94.9 cm³/mol. The summed E-state index contributed by atoms with van der Waals surface area (Å²) in [4.78, 5) is 14.1. The van der Waals surface area contributed by atoms with Gasteiger partial charge in [0.15, 0.2) is 0 Å². The van der Waals surface area contributed by atoms with Crippen LogP contribution in [0.25, 0.3) is 0 Å². The fraction of sp³-hybridized carbons (Fsp3) is 0.471. The molecule has 23 heavy (non-hydrogen) atoms. The minimum atomic E-state index is -0.216. The number of nitrogens with zero attached hydrogens (tertiary/aromatic N) is 1. The third-order valence-electron chi connectivity index (χ3n) is 3.64. The highest BCUT2D eigenvalue weighted by molar-refractivity contribution is 6.42. The van der Waals surface area contributed by atoms with Crippen LogP contribution in [0.5, 0.6) is 0 Å². The number of nitrogens with one attached hydrogen (secondary N) is 2. The van der Waals surface area contributed by atoms with E-state index in [1.807, 2.05) is 24.8 Å². The number of rotatable bonds is 2. The van der Waals surface area contributed by atoms with E-state index in [1.165, 1.54) is 0 Å². The van der Waals surface area contributed by atoms with Gasteiger partial charge < -0.3 is 15.5 Å². The summed E-state index contributed by atoms with van der Waals surface area (Å²) in [7, 11) is 0. The van der Waals surface area contributed by atoms with Crippen molar-refractivity contribution in [3.8, 4) is 11.8 Å². The lowest BCUT2D eigenvalue weighted by atomic mass is 10.0. The van der Waals surface area contributed by atoms with Gasteiger partial charge in [0.2, 0.25) is 0 Å². The van der Waals surface area contributed by atoms with E-state index in [2.05, 4.69) is 22.5 Å². The van der Waals surface area contributed by atoms with Crippen molar-refractivity contribution in [1.29, 1.82) is 0 Å². The van der Waals surface area contributed by atoms with Gasteiger partial charge in [-0.15, -0.1) is 0 Å². The number of urea groups is 1. The van der Waals surface area contributed by atoms with Crippen LogP contribution in [0.3, 0.4) is 0 Å². The van der Waals surface area contributed by atoms with Crippen molar-refractivity contribution in [2.24, 2.45) is 5.92 Å². The average molecular weight is 354 g/mol. The van der Waals surface area contributed by atoms with Crippen LogP contribution in [0, 0.1) is 17.8 Å². The minimum absolute atomic E-state index is 0.0614. The molecule has 2 rings (SSSR count). The largest absolute Gasteiger partial charge is 0.324 e. The molecule has 0 aliphatic carbocycles. The van der Waals surface area contributed by atoms with Crippen LogP contribution in [0.15, 0.2) is 18.2 Å². The van der Waals surface area contributed by atoms with Crippen molar-refractivity contribution in [2.75, 3.05) is 26.2 Å². The number of benzene rings is 1. The fourth-order valence-electron chi connectivity index (χ4n) is 2.20. The van der Waals surface area contributed by atoms with Crippen molar-refractivity contribution in [2.45, 2.75) is 19.9 Å². The number of carbonyl (C=O) groups is 1. The first-order chi connectivity index (χ1) is 11.0. The Balaban J connectivity index is 2.05. The van der Waals surface area contributed by atoms with E-state index in [0.717, 1.165) is 31.7 Å². The Hall–Kier alpha value is -1.41. The molecule has 0 spiro atoms. The topological polar surface area (TPSA) is 44.4 Å². The highest BCUT2D eigenvalue weighted by atomic mass is 35.5. The van der Waals surface area contributed by atoms with Crippen molar-refractivity contribution in [1.82, 2.24) is 15.5 Å². The molecule has 0 saturated carbocycles. The standard InChI is InChI=1S/C17H21Cl2N3O/c1-12(2)16(21-17(23)22-9-7-20-8-10-22)6-4-13-3-5-14(18)15(19)11-13/h3,5,11-12,16,20H,7-10H2,1-2H3,(H,21,23). The van der Waals surface area contributed by atoms with Crippen molar-refractivity contribution < 1.29 is 4.79 Å². The summed E-state index contributed by atoms with van der Waals surface area (Å²) < 4.78 is 0. The molecule has 1 fully saturated rings. The SMILES string of the molecule is CC(C)C(C#Cc1ccc(Cl)c(Cl)c1)NC(=O)N1CCNCC1. The summed E-state index contributed by atoms with van der Waals surface area (Å²) in [6.45, 7) is 7.16. The maximum Gasteiger partial charge on any atom is 0.318 e. The Morgan fingerprint density at radius 3 is 2.57 bits per heavy atom. The van der Waals surface area contributed by atoms with Crippen LogP contribution >= 0.6 is 23.2 Å². The molecule has 1 aliphatic rings. The summed E-state index contributed by atoms with van der Waals surface area (Å²) in [6.07, 6.45) is 0. The van der Waals surface area contributed by atoms with Crippen LogP contribution in [0.1, 0.15) is 19.4 Å². The molecule has 2 N–H and O–H groups in total. The van der Waals surface area contributed by atoms with Crippen molar-refractivity contribution >= 4 is 29.2 Å². The van der Waals surface area contributed by atoms with E-state index in [-0.39, 0.29) is 18.0 Å². The van der Waals surface area contributed by atoms with Gasteiger partial charge in [-0.25, -0.2) is 4.79 Å². The van der Waals surface area contributed by atoms with Gasteiger partial charge in [0.05, 0.1) is 16.1 Å². The van der Waals surface area contributed by atoms with E-state index < -0.39 is 0 Å². The number of amides is 2. The Bertz CT molecular complexity index is 616. The molecule has 1 atom stereocenters. The molecule has 1 heterocycles. The van der Waals surface area contributed by atoms with E-state index in [4.69, 9.17) is 23.2 Å². The quantitative estimate of drug-likeness (QED) is 0.802. The molecule has 1 unspecified atom stereocenters. The van der Waals surface area contributed by atoms with Gasteiger partial charge in [0, 0.05) is 31.7 Å². The Morgan fingerprint density at radius 2 is 1.96 bits per heavy atom. The van der Waals surface area contributed by atoms with Crippen LogP contribution in [0.4, 0.5) is 4.79 Å². The van der Waals surface area contributed by atoms with Crippen LogP contribution in [-0.2, 0) is 0 Å². The number of carbonyl (C=O) groups excluding carboxylic acids is 1. The van der Waals surface area contributed by atoms with Crippen LogP contribution in [-0.4, -0.2) is 43.2 Å². The summed E-state index contributed by atoms with van der Waals surface area (Å²) in [6, 6.07) is 4.99. The van der Waals surface area contributed by atoms with E-state index >= 15 is 0 Å². The third kappa shape index (κ3) is 5.31. The van der Waals surface area contributed by atoms with Crippen LogP contribution in [0.2, 0.25) is 10.0 Å². The molecule has 0 radical (unpaired) electrons. The number of halogens is 2.